The molecule has 1 saturated heterocycles. The van der Waals surface area contributed by atoms with Gasteiger partial charge >= 0.3 is 0 Å². The van der Waals surface area contributed by atoms with Crippen LogP contribution < -0.4 is 0 Å². The fourth-order valence-electron chi connectivity index (χ4n) is 2.79. The zero-order valence-corrected chi connectivity index (χ0v) is 16.6. The zero-order chi connectivity index (χ0) is 17.2. The summed E-state index contributed by atoms with van der Waals surface area (Å²) in [5.74, 6) is 0.779. The topological polar surface area (TPSA) is 37.4 Å². The quantitative estimate of drug-likeness (QED) is 0.736. The van der Waals surface area contributed by atoms with Gasteiger partial charge in [0.25, 0.3) is 10.0 Å². The van der Waals surface area contributed by atoms with E-state index < -0.39 is 10.0 Å². The van der Waals surface area contributed by atoms with Gasteiger partial charge in [-0.15, -0.1) is 11.3 Å². The minimum atomic E-state index is -3.38. The number of halogens is 1. The van der Waals surface area contributed by atoms with E-state index in [0.717, 1.165) is 34.1 Å². The van der Waals surface area contributed by atoms with Gasteiger partial charge in [-0.3, -0.25) is 0 Å². The van der Waals surface area contributed by atoms with Crippen LogP contribution in [0, 0.1) is 0 Å². The molecule has 1 atom stereocenters. The number of hydrogen-bond acceptors (Lipinski definition) is 4. The third-order valence-electron chi connectivity index (χ3n) is 4.13. The van der Waals surface area contributed by atoms with Crippen molar-refractivity contribution in [2.75, 3.05) is 18.8 Å². The average molecular weight is 402 g/mol. The molecule has 3 nitrogen and oxygen atoms in total. The Balaban J connectivity index is 1.76. The molecule has 2 aromatic rings. The Morgan fingerprint density at radius 2 is 2.00 bits per heavy atom. The normalized spacial score (nSPS) is 20.0. The molecule has 1 aromatic heterocycles. The molecule has 0 amide bonds. The second kappa shape index (κ2) is 7.79. The highest BCUT2D eigenvalue weighted by molar-refractivity contribution is 7.99. The maximum atomic E-state index is 12.9. The Kier molecular flexibility index (Phi) is 5.93. The van der Waals surface area contributed by atoms with E-state index in [1.807, 2.05) is 37.3 Å². The molecule has 0 bridgehead atoms. The van der Waals surface area contributed by atoms with Crippen molar-refractivity contribution in [2.45, 2.75) is 29.2 Å². The van der Waals surface area contributed by atoms with Gasteiger partial charge in [0.05, 0.1) is 0 Å². The Morgan fingerprint density at radius 3 is 2.71 bits per heavy atom. The molecule has 1 aliphatic heterocycles. The largest absolute Gasteiger partial charge is 0.252 e. The van der Waals surface area contributed by atoms with E-state index >= 15 is 0 Å². The van der Waals surface area contributed by atoms with Crippen LogP contribution in [-0.2, 0) is 16.4 Å². The fourth-order valence-corrected chi connectivity index (χ4v) is 7.41. The van der Waals surface area contributed by atoms with Crippen LogP contribution in [0.5, 0.6) is 0 Å². The van der Waals surface area contributed by atoms with Gasteiger partial charge in [-0.05, 0) is 36.6 Å². The second-order valence-electron chi connectivity index (χ2n) is 5.65. The van der Waals surface area contributed by atoms with Crippen LogP contribution in [-0.4, -0.2) is 31.6 Å². The summed E-state index contributed by atoms with van der Waals surface area (Å²) in [4.78, 5) is 1.10. The van der Waals surface area contributed by atoms with Gasteiger partial charge in [0, 0.05) is 34.0 Å². The summed E-state index contributed by atoms with van der Waals surface area (Å²) < 4.78 is 27.8. The first-order valence-corrected chi connectivity index (χ1v) is 11.7. The molecule has 0 saturated carbocycles. The molecule has 1 fully saturated rings. The molecule has 0 N–H and O–H groups in total. The Morgan fingerprint density at radius 1 is 1.21 bits per heavy atom. The standard InChI is InChI=1S/C17H20ClNO2S3/c1-2-13-7-8-17(23-13)24(20,21)19-10-9-16(22-12-11-19)14-5-3-4-6-15(14)18/h3-8,16H,2,9-12H2,1H3. The van der Waals surface area contributed by atoms with Crippen molar-refractivity contribution in [3.05, 3.63) is 51.9 Å². The first kappa shape index (κ1) is 18.3. The highest BCUT2D eigenvalue weighted by atomic mass is 35.5. The number of nitrogens with zero attached hydrogens (tertiary/aromatic N) is 1. The van der Waals surface area contributed by atoms with Crippen LogP contribution in [0.4, 0.5) is 0 Å². The average Bonchev–Trinajstić information content (AvgIpc) is 2.93. The summed E-state index contributed by atoms with van der Waals surface area (Å²) in [7, 11) is -3.38. The molecule has 130 valence electrons. The first-order chi connectivity index (χ1) is 11.5. The van der Waals surface area contributed by atoms with Gasteiger partial charge < -0.3 is 0 Å². The van der Waals surface area contributed by atoms with Crippen LogP contribution in [0.3, 0.4) is 0 Å². The highest BCUT2D eigenvalue weighted by Gasteiger charge is 2.29. The van der Waals surface area contributed by atoms with E-state index in [0.29, 0.717) is 17.3 Å². The lowest BCUT2D eigenvalue weighted by molar-refractivity contribution is 0.429. The maximum absolute atomic E-state index is 12.9. The van der Waals surface area contributed by atoms with E-state index in [4.69, 9.17) is 11.6 Å². The van der Waals surface area contributed by atoms with Crippen molar-refractivity contribution < 1.29 is 8.42 Å². The summed E-state index contributed by atoms with van der Waals surface area (Å²) in [6.45, 7) is 3.12. The van der Waals surface area contributed by atoms with Gasteiger partial charge in [-0.1, -0.05) is 36.7 Å². The summed E-state index contributed by atoms with van der Waals surface area (Å²) in [6.07, 6.45) is 1.64. The number of thioether (sulfide) groups is 1. The molecular formula is C17H20ClNO2S3. The van der Waals surface area contributed by atoms with E-state index in [-0.39, 0.29) is 5.25 Å². The van der Waals surface area contributed by atoms with Gasteiger partial charge in [-0.2, -0.15) is 16.1 Å². The van der Waals surface area contributed by atoms with E-state index in [9.17, 15) is 8.42 Å². The summed E-state index contributed by atoms with van der Waals surface area (Å²) >= 11 is 9.48. The molecule has 3 rings (SSSR count). The Bertz CT molecular complexity index is 804. The Labute approximate surface area is 157 Å². The van der Waals surface area contributed by atoms with E-state index in [1.165, 1.54) is 11.3 Å². The number of hydrogen-bond donors (Lipinski definition) is 0. The number of aryl methyl sites for hydroxylation is 1. The lowest BCUT2D eigenvalue weighted by Gasteiger charge is -2.19. The maximum Gasteiger partial charge on any atom is 0.252 e. The highest BCUT2D eigenvalue weighted by Crippen LogP contribution is 2.39. The lowest BCUT2D eigenvalue weighted by Crippen LogP contribution is -2.32. The van der Waals surface area contributed by atoms with E-state index in [2.05, 4.69) is 0 Å². The lowest BCUT2D eigenvalue weighted by atomic mass is 10.1. The van der Waals surface area contributed by atoms with Gasteiger partial charge in [-0.25, -0.2) is 8.42 Å². The summed E-state index contributed by atoms with van der Waals surface area (Å²) in [5.41, 5.74) is 1.10. The molecule has 1 aliphatic rings. The van der Waals surface area contributed by atoms with Crippen LogP contribution in [0.25, 0.3) is 0 Å². The van der Waals surface area contributed by atoms with Crippen LogP contribution in [0.1, 0.15) is 29.0 Å². The van der Waals surface area contributed by atoms with Crippen molar-refractivity contribution in [3.8, 4) is 0 Å². The van der Waals surface area contributed by atoms with Crippen molar-refractivity contribution in [3.63, 3.8) is 0 Å². The first-order valence-electron chi connectivity index (χ1n) is 7.97. The molecule has 0 spiro atoms. The number of rotatable bonds is 4. The van der Waals surface area contributed by atoms with Crippen LogP contribution in [0.2, 0.25) is 5.02 Å². The monoisotopic (exact) mass is 401 g/mol. The minimum Gasteiger partial charge on any atom is -0.206 e. The molecule has 0 radical (unpaired) electrons. The Hall–Kier alpha value is -0.530. The minimum absolute atomic E-state index is 0.244. The second-order valence-corrected chi connectivity index (χ2v) is 10.7. The van der Waals surface area contributed by atoms with Crippen molar-refractivity contribution in [1.82, 2.24) is 4.31 Å². The number of thiophene rings is 1. The van der Waals surface area contributed by atoms with Gasteiger partial charge in [0.2, 0.25) is 0 Å². The molecule has 1 aromatic carbocycles. The third kappa shape index (κ3) is 3.83. The predicted molar refractivity (Wildman–Crippen MR) is 104 cm³/mol. The number of sulfonamides is 1. The zero-order valence-electron chi connectivity index (χ0n) is 13.4. The van der Waals surface area contributed by atoms with Gasteiger partial charge in [0.1, 0.15) is 4.21 Å². The SMILES string of the molecule is CCc1ccc(S(=O)(=O)N2CCSC(c3ccccc3Cl)CC2)s1. The van der Waals surface area contributed by atoms with Crippen molar-refractivity contribution in [1.29, 1.82) is 0 Å². The summed E-state index contributed by atoms with van der Waals surface area (Å²) in [6, 6.07) is 11.5. The third-order valence-corrected chi connectivity index (χ3v) is 9.38. The molecule has 0 aliphatic carbocycles. The van der Waals surface area contributed by atoms with Gasteiger partial charge in [0.15, 0.2) is 0 Å². The van der Waals surface area contributed by atoms with Crippen molar-refractivity contribution >= 4 is 44.7 Å². The number of benzene rings is 1. The van der Waals surface area contributed by atoms with E-state index in [1.54, 1.807) is 22.1 Å². The smallest absolute Gasteiger partial charge is 0.206 e. The molecule has 1 unspecified atom stereocenters. The molecule has 2 heterocycles. The molecular weight excluding hydrogens is 382 g/mol. The van der Waals surface area contributed by atoms with Crippen LogP contribution >= 0.6 is 34.7 Å². The molecule has 7 heteroatoms. The fraction of sp³-hybridized carbons (Fsp3) is 0.412. The van der Waals surface area contributed by atoms with Crippen molar-refractivity contribution in [2.24, 2.45) is 0 Å². The summed E-state index contributed by atoms with van der Waals surface area (Å²) in [5, 5.41) is 1.01. The molecule has 24 heavy (non-hydrogen) atoms. The predicted octanol–water partition coefficient (Wildman–Crippen LogP) is 4.83. The van der Waals surface area contributed by atoms with Crippen LogP contribution in [0.15, 0.2) is 40.6 Å².